The molecule has 0 aliphatic heterocycles. The molecular formula is C25H18Cl2FNO5S. The van der Waals surface area contributed by atoms with Crippen LogP contribution >= 0.6 is 23.2 Å². The summed E-state index contributed by atoms with van der Waals surface area (Å²) in [6, 6.07) is 18.6. The summed E-state index contributed by atoms with van der Waals surface area (Å²) in [5, 5.41) is 0.672. The van der Waals surface area contributed by atoms with Gasteiger partial charge in [0.15, 0.2) is 0 Å². The van der Waals surface area contributed by atoms with Crippen molar-refractivity contribution >= 4 is 39.2 Å². The van der Waals surface area contributed by atoms with Crippen LogP contribution in [0.15, 0.2) is 94.4 Å². The van der Waals surface area contributed by atoms with Crippen LogP contribution in [-0.4, -0.2) is 19.2 Å². The molecule has 0 N–H and O–H groups in total. The van der Waals surface area contributed by atoms with Gasteiger partial charge >= 0.3 is 10.1 Å². The first-order valence-corrected chi connectivity index (χ1v) is 12.4. The van der Waals surface area contributed by atoms with Crippen molar-refractivity contribution in [3.8, 4) is 5.75 Å². The zero-order valence-corrected chi connectivity index (χ0v) is 20.4. The molecule has 180 valence electrons. The molecule has 0 aliphatic carbocycles. The molecule has 1 aromatic heterocycles. The summed E-state index contributed by atoms with van der Waals surface area (Å²) in [6.45, 7) is 0.377. The molecule has 0 spiro atoms. The number of amides is 1. The number of nitrogens with zero attached hydrogens (tertiary/aromatic N) is 1. The zero-order valence-electron chi connectivity index (χ0n) is 18.0. The van der Waals surface area contributed by atoms with Gasteiger partial charge in [0.05, 0.1) is 12.8 Å². The third-order valence-corrected chi connectivity index (χ3v) is 6.63. The highest BCUT2D eigenvalue weighted by molar-refractivity contribution is 7.87. The van der Waals surface area contributed by atoms with E-state index >= 15 is 0 Å². The lowest BCUT2D eigenvalue weighted by atomic mass is 10.1. The fraction of sp³-hybridized carbons (Fsp3) is 0.0800. The molecule has 0 radical (unpaired) electrons. The van der Waals surface area contributed by atoms with Gasteiger partial charge in [-0.3, -0.25) is 4.79 Å². The van der Waals surface area contributed by atoms with Gasteiger partial charge in [-0.15, -0.1) is 0 Å². The van der Waals surface area contributed by atoms with Crippen molar-refractivity contribution in [1.82, 2.24) is 4.90 Å². The van der Waals surface area contributed by atoms with E-state index in [2.05, 4.69) is 0 Å². The summed E-state index contributed by atoms with van der Waals surface area (Å²) in [5.74, 6) is -0.215. The highest BCUT2D eigenvalue weighted by atomic mass is 35.5. The van der Waals surface area contributed by atoms with Crippen LogP contribution in [0.25, 0.3) is 0 Å². The molecule has 0 bridgehead atoms. The Kier molecular flexibility index (Phi) is 7.45. The van der Waals surface area contributed by atoms with E-state index in [0.29, 0.717) is 26.9 Å². The van der Waals surface area contributed by atoms with Gasteiger partial charge in [0.2, 0.25) is 0 Å². The Morgan fingerprint density at radius 2 is 1.57 bits per heavy atom. The van der Waals surface area contributed by atoms with Gasteiger partial charge in [0.25, 0.3) is 5.91 Å². The summed E-state index contributed by atoms with van der Waals surface area (Å²) in [4.78, 5) is 14.6. The van der Waals surface area contributed by atoms with E-state index < -0.39 is 15.9 Å². The summed E-state index contributed by atoms with van der Waals surface area (Å²) in [5.41, 5.74) is 1.03. The molecule has 35 heavy (non-hydrogen) atoms. The van der Waals surface area contributed by atoms with Gasteiger partial charge < -0.3 is 13.5 Å². The first-order valence-electron chi connectivity index (χ1n) is 10.3. The molecule has 0 fully saturated rings. The number of halogens is 3. The number of rotatable bonds is 8. The lowest BCUT2D eigenvalue weighted by molar-refractivity contribution is 0.0717. The maximum absolute atomic E-state index is 13.3. The first kappa shape index (κ1) is 24.8. The SMILES string of the molecule is O=C(c1cc(Cl)cc(Cl)c1)N(Cc1ccc(OS(=O)(=O)c2ccc(F)cc2)cc1)Cc1ccco1. The molecule has 4 aromatic rings. The largest absolute Gasteiger partial charge is 0.467 e. The molecule has 0 unspecified atom stereocenters. The number of furan rings is 1. The summed E-state index contributed by atoms with van der Waals surface area (Å²) >= 11 is 12.1. The molecule has 6 nitrogen and oxygen atoms in total. The highest BCUT2D eigenvalue weighted by Gasteiger charge is 2.20. The van der Waals surface area contributed by atoms with E-state index in [-0.39, 0.29) is 29.6 Å². The van der Waals surface area contributed by atoms with E-state index in [0.717, 1.165) is 24.3 Å². The minimum atomic E-state index is -4.13. The van der Waals surface area contributed by atoms with Gasteiger partial charge in [-0.2, -0.15) is 8.42 Å². The summed E-state index contributed by atoms with van der Waals surface area (Å²) in [6.07, 6.45) is 1.52. The van der Waals surface area contributed by atoms with Crippen molar-refractivity contribution in [1.29, 1.82) is 0 Å². The quantitative estimate of drug-likeness (QED) is 0.247. The Morgan fingerprint density at radius 1 is 0.914 bits per heavy atom. The normalized spacial score (nSPS) is 11.3. The number of hydrogen-bond donors (Lipinski definition) is 0. The third kappa shape index (κ3) is 6.42. The fourth-order valence-electron chi connectivity index (χ4n) is 3.30. The van der Waals surface area contributed by atoms with Crippen molar-refractivity contribution in [2.75, 3.05) is 0 Å². The minimum absolute atomic E-state index is 0.0728. The lowest BCUT2D eigenvalue weighted by Gasteiger charge is -2.22. The Morgan fingerprint density at radius 3 is 2.17 bits per heavy atom. The van der Waals surface area contributed by atoms with Gasteiger partial charge in [-0.05, 0) is 72.3 Å². The second-order valence-electron chi connectivity index (χ2n) is 7.53. The smallest absolute Gasteiger partial charge is 0.339 e. The van der Waals surface area contributed by atoms with Gasteiger partial charge in [-0.25, -0.2) is 4.39 Å². The van der Waals surface area contributed by atoms with Gasteiger partial charge in [0.1, 0.15) is 22.2 Å². The molecule has 1 amide bonds. The highest BCUT2D eigenvalue weighted by Crippen LogP contribution is 2.24. The number of hydrogen-bond acceptors (Lipinski definition) is 5. The van der Waals surface area contributed by atoms with Gasteiger partial charge in [0, 0.05) is 22.2 Å². The number of benzene rings is 3. The minimum Gasteiger partial charge on any atom is -0.467 e. The van der Waals surface area contributed by atoms with E-state index in [1.807, 2.05) is 0 Å². The molecule has 1 heterocycles. The van der Waals surface area contributed by atoms with Crippen LogP contribution in [0.3, 0.4) is 0 Å². The first-order chi connectivity index (χ1) is 16.7. The van der Waals surface area contributed by atoms with Crippen molar-refractivity contribution in [2.24, 2.45) is 0 Å². The van der Waals surface area contributed by atoms with Crippen LogP contribution in [0.4, 0.5) is 4.39 Å². The predicted octanol–water partition coefficient (Wildman–Crippen LogP) is 6.34. The van der Waals surface area contributed by atoms with Crippen LogP contribution in [0.2, 0.25) is 10.0 Å². The van der Waals surface area contributed by atoms with Gasteiger partial charge in [-0.1, -0.05) is 35.3 Å². The van der Waals surface area contributed by atoms with E-state index in [9.17, 15) is 17.6 Å². The third-order valence-electron chi connectivity index (χ3n) is 4.93. The standard InChI is InChI=1S/C25H18Cl2FNO5S/c26-19-12-18(13-20(27)14-19)25(30)29(16-23-2-1-11-33-23)15-17-3-7-22(8-4-17)34-35(31,32)24-9-5-21(28)6-10-24/h1-14H,15-16H2. The predicted molar refractivity (Wildman–Crippen MR) is 129 cm³/mol. The average Bonchev–Trinajstić information content (AvgIpc) is 3.32. The topological polar surface area (TPSA) is 76.8 Å². The molecule has 0 aliphatic rings. The van der Waals surface area contributed by atoms with Crippen molar-refractivity contribution < 1.29 is 26.2 Å². The van der Waals surface area contributed by atoms with Crippen molar-refractivity contribution in [2.45, 2.75) is 18.0 Å². The van der Waals surface area contributed by atoms with Crippen LogP contribution in [0, 0.1) is 5.82 Å². The van der Waals surface area contributed by atoms with E-state index in [1.165, 1.54) is 36.6 Å². The molecule has 3 aromatic carbocycles. The van der Waals surface area contributed by atoms with E-state index in [4.69, 9.17) is 31.8 Å². The molecule has 0 saturated carbocycles. The number of carbonyl (C=O) groups is 1. The molecule has 0 saturated heterocycles. The lowest BCUT2D eigenvalue weighted by Crippen LogP contribution is -2.30. The van der Waals surface area contributed by atoms with Crippen LogP contribution in [-0.2, 0) is 23.2 Å². The second-order valence-corrected chi connectivity index (χ2v) is 9.95. The monoisotopic (exact) mass is 533 g/mol. The van der Waals surface area contributed by atoms with Crippen molar-refractivity contribution in [3.05, 3.63) is 118 Å². The van der Waals surface area contributed by atoms with E-state index in [1.54, 1.807) is 29.2 Å². The fourth-order valence-corrected chi connectivity index (χ4v) is 4.75. The Balaban J connectivity index is 1.53. The second kappa shape index (κ2) is 10.5. The Hall–Kier alpha value is -3.33. The molecule has 10 heteroatoms. The van der Waals surface area contributed by atoms with Crippen LogP contribution < -0.4 is 4.18 Å². The van der Waals surface area contributed by atoms with Crippen LogP contribution in [0.5, 0.6) is 5.75 Å². The zero-order chi connectivity index (χ0) is 25.0. The summed E-state index contributed by atoms with van der Waals surface area (Å²) < 4.78 is 48.5. The maximum atomic E-state index is 13.3. The van der Waals surface area contributed by atoms with Crippen LogP contribution in [0.1, 0.15) is 21.7 Å². The Bertz CT molecular complexity index is 1400. The Labute approximate surface area is 211 Å². The molecule has 0 atom stereocenters. The summed E-state index contributed by atoms with van der Waals surface area (Å²) in [7, 11) is -4.13. The van der Waals surface area contributed by atoms with Crippen molar-refractivity contribution in [3.63, 3.8) is 0 Å². The number of carbonyl (C=O) groups excluding carboxylic acids is 1. The average molecular weight is 534 g/mol. The molecule has 4 rings (SSSR count). The molecular weight excluding hydrogens is 516 g/mol. The maximum Gasteiger partial charge on any atom is 0.339 e.